The summed E-state index contributed by atoms with van der Waals surface area (Å²) < 4.78 is 10.9. The van der Waals surface area contributed by atoms with E-state index in [-0.39, 0.29) is 17.7 Å². The molecule has 1 saturated heterocycles. The van der Waals surface area contributed by atoms with Gasteiger partial charge in [-0.05, 0) is 37.1 Å². The first-order valence-electron chi connectivity index (χ1n) is 9.57. The number of nitrogens with zero attached hydrogens (tertiary/aromatic N) is 1. The Hall–Kier alpha value is -3.02. The van der Waals surface area contributed by atoms with Crippen molar-refractivity contribution < 1.29 is 19.1 Å². The molecule has 0 atom stereocenters. The zero-order valence-electron chi connectivity index (χ0n) is 16.1. The normalized spacial score (nSPS) is 14.4. The van der Waals surface area contributed by atoms with Crippen LogP contribution < -0.4 is 14.8 Å². The van der Waals surface area contributed by atoms with Gasteiger partial charge < -0.3 is 19.7 Å². The van der Waals surface area contributed by atoms with Gasteiger partial charge in [-0.15, -0.1) is 0 Å². The Morgan fingerprint density at radius 3 is 2.43 bits per heavy atom. The third-order valence-corrected chi connectivity index (χ3v) is 4.91. The maximum absolute atomic E-state index is 12.6. The van der Waals surface area contributed by atoms with Gasteiger partial charge in [-0.1, -0.05) is 30.3 Å². The lowest BCUT2D eigenvalue weighted by molar-refractivity contribution is -0.135. The molecule has 0 bridgehead atoms. The zero-order chi connectivity index (χ0) is 19.8. The molecule has 6 nitrogen and oxygen atoms in total. The maximum atomic E-state index is 12.6. The van der Waals surface area contributed by atoms with E-state index in [0.717, 1.165) is 5.75 Å². The van der Waals surface area contributed by atoms with E-state index < -0.39 is 0 Å². The van der Waals surface area contributed by atoms with Crippen LogP contribution >= 0.6 is 0 Å². The fourth-order valence-corrected chi connectivity index (χ4v) is 3.30. The molecule has 1 N–H and O–H groups in total. The highest BCUT2D eigenvalue weighted by molar-refractivity contribution is 5.94. The molecule has 6 heteroatoms. The van der Waals surface area contributed by atoms with E-state index in [4.69, 9.17) is 9.47 Å². The summed E-state index contributed by atoms with van der Waals surface area (Å²) in [5, 5.41) is 2.94. The Morgan fingerprint density at radius 1 is 1.04 bits per heavy atom. The van der Waals surface area contributed by atoms with Crippen molar-refractivity contribution in [1.29, 1.82) is 0 Å². The van der Waals surface area contributed by atoms with Crippen molar-refractivity contribution in [3.05, 3.63) is 54.6 Å². The number of rotatable bonds is 7. The van der Waals surface area contributed by atoms with Crippen molar-refractivity contribution in [3.63, 3.8) is 0 Å². The zero-order valence-corrected chi connectivity index (χ0v) is 16.1. The number of likely N-dealkylation sites (tertiary alicyclic amines) is 1. The second-order valence-electron chi connectivity index (χ2n) is 6.76. The molecule has 1 fully saturated rings. The Kier molecular flexibility index (Phi) is 6.89. The van der Waals surface area contributed by atoms with Crippen LogP contribution in [0.1, 0.15) is 19.3 Å². The van der Waals surface area contributed by atoms with Gasteiger partial charge in [-0.3, -0.25) is 9.59 Å². The first-order valence-corrected chi connectivity index (χ1v) is 9.57. The van der Waals surface area contributed by atoms with Gasteiger partial charge in [-0.25, -0.2) is 0 Å². The molecule has 148 valence electrons. The number of carbonyl (C=O) groups is 2. The molecule has 0 unspecified atom stereocenters. The summed E-state index contributed by atoms with van der Waals surface area (Å²) in [6, 6.07) is 16.8. The van der Waals surface area contributed by atoms with E-state index in [0.29, 0.717) is 50.4 Å². The predicted octanol–water partition coefficient (Wildman–Crippen LogP) is 3.34. The predicted molar refractivity (Wildman–Crippen MR) is 107 cm³/mol. The molecule has 0 spiro atoms. The van der Waals surface area contributed by atoms with E-state index in [9.17, 15) is 9.59 Å². The maximum Gasteiger partial charge on any atom is 0.227 e. The van der Waals surface area contributed by atoms with Crippen LogP contribution in [0.15, 0.2) is 54.6 Å². The minimum Gasteiger partial charge on any atom is -0.495 e. The van der Waals surface area contributed by atoms with Gasteiger partial charge in [0.25, 0.3) is 0 Å². The summed E-state index contributed by atoms with van der Waals surface area (Å²) in [4.78, 5) is 26.7. The van der Waals surface area contributed by atoms with Crippen LogP contribution in [-0.4, -0.2) is 43.5 Å². The number of ether oxygens (including phenoxy) is 2. The van der Waals surface area contributed by atoms with E-state index in [1.807, 2.05) is 59.5 Å². The number of hydrogen-bond acceptors (Lipinski definition) is 4. The first kappa shape index (κ1) is 19.7. The van der Waals surface area contributed by atoms with Crippen LogP contribution in [0.5, 0.6) is 11.5 Å². The van der Waals surface area contributed by atoms with E-state index in [1.54, 1.807) is 7.11 Å². The van der Waals surface area contributed by atoms with Crippen LogP contribution in [0.25, 0.3) is 0 Å². The van der Waals surface area contributed by atoms with Gasteiger partial charge in [0.15, 0.2) is 0 Å². The third kappa shape index (κ3) is 5.25. The fraction of sp³-hybridized carbons (Fsp3) is 0.364. The van der Waals surface area contributed by atoms with Crippen molar-refractivity contribution in [2.24, 2.45) is 5.92 Å². The summed E-state index contributed by atoms with van der Waals surface area (Å²) in [7, 11) is 1.58. The quantitative estimate of drug-likeness (QED) is 0.798. The first-order chi connectivity index (χ1) is 13.7. The molecule has 28 heavy (non-hydrogen) atoms. The summed E-state index contributed by atoms with van der Waals surface area (Å²) in [5.74, 6) is 1.35. The number of benzene rings is 2. The SMILES string of the molecule is COc1ccccc1NC(=O)C1CCN(C(=O)CCOc2ccccc2)CC1. The summed E-state index contributed by atoms with van der Waals surface area (Å²) >= 11 is 0. The van der Waals surface area contributed by atoms with Crippen molar-refractivity contribution in [1.82, 2.24) is 4.90 Å². The number of methoxy groups -OCH3 is 1. The lowest BCUT2D eigenvalue weighted by Crippen LogP contribution is -2.41. The molecule has 0 aliphatic carbocycles. The number of nitrogens with one attached hydrogen (secondary N) is 1. The van der Waals surface area contributed by atoms with Gasteiger partial charge in [0, 0.05) is 19.0 Å². The lowest BCUT2D eigenvalue weighted by atomic mass is 9.95. The van der Waals surface area contributed by atoms with Crippen LogP contribution in [0.2, 0.25) is 0 Å². The minimum atomic E-state index is -0.102. The minimum absolute atomic E-state index is 0.0241. The monoisotopic (exact) mass is 382 g/mol. The average Bonchev–Trinajstić information content (AvgIpc) is 2.75. The summed E-state index contributed by atoms with van der Waals surface area (Å²) in [5.41, 5.74) is 0.673. The molecule has 2 amide bonds. The average molecular weight is 382 g/mol. The Morgan fingerprint density at radius 2 is 1.71 bits per heavy atom. The topological polar surface area (TPSA) is 67.9 Å². The summed E-state index contributed by atoms with van der Waals surface area (Å²) in [6.07, 6.45) is 1.66. The Labute approximate surface area is 165 Å². The van der Waals surface area contributed by atoms with E-state index in [1.165, 1.54) is 0 Å². The van der Waals surface area contributed by atoms with Crippen LogP contribution in [0.4, 0.5) is 5.69 Å². The highest BCUT2D eigenvalue weighted by Crippen LogP contribution is 2.26. The van der Waals surface area contributed by atoms with Crippen LogP contribution in [-0.2, 0) is 9.59 Å². The molecule has 1 heterocycles. The third-order valence-electron chi connectivity index (χ3n) is 4.91. The Balaban J connectivity index is 1.42. The second kappa shape index (κ2) is 9.78. The highest BCUT2D eigenvalue weighted by atomic mass is 16.5. The molecule has 0 aromatic heterocycles. The van der Waals surface area contributed by atoms with E-state index >= 15 is 0 Å². The molecule has 1 aliphatic rings. The van der Waals surface area contributed by atoms with Gasteiger partial charge >= 0.3 is 0 Å². The molecule has 0 radical (unpaired) electrons. The fourth-order valence-electron chi connectivity index (χ4n) is 3.30. The molecule has 1 aliphatic heterocycles. The molecule has 3 rings (SSSR count). The van der Waals surface area contributed by atoms with Gasteiger partial charge in [0.05, 0.1) is 25.8 Å². The van der Waals surface area contributed by atoms with Crippen molar-refractivity contribution in [2.45, 2.75) is 19.3 Å². The smallest absolute Gasteiger partial charge is 0.227 e. The molecule has 2 aromatic carbocycles. The number of carbonyl (C=O) groups excluding carboxylic acids is 2. The summed E-state index contributed by atoms with van der Waals surface area (Å²) in [6.45, 7) is 1.54. The number of piperidine rings is 1. The van der Waals surface area contributed by atoms with Crippen molar-refractivity contribution in [2.75, 3.05) is 32.1 Å². The lowest BCUT2D eigenvalue weighted by Gasteiger charge is -2.31. The number of anilines is 1. The number of para-hydroxylation sites is 3. The molecule has 2 aromatic rings. The molecular weight excluding hydrogens is 356 g/mol. The molecular formula is C22H26N2O4. The van der Waals surface area contributed by atoms with Crippen LogP contribution in [0.3, 0.4) is 0 Å². The van der Waals surface area contributed by atoms with Crippen molar-refractivity contribution >= 4 is 17.5 Å². The van der Waals surface area contributed by atoms with Gasteiger partial charge in [0.2, 0.25) is 11.8 Å². The Bertz CT molecular complexity index is 786. The highest BCUT2D eigenvalue weighted by Gasteiger charge is 2.27. The second-order valence-corrected chi connectivity index (χ2v) is 6.76. The van der Waals surface area contributed by atoms with Gasteiger partial charge in [-0.2, -0.15) is 0 Å². The van der Waals surface area contributed by atoms with E-state index in [2.05, 4.69) is 5.32 Å². The molecule has 0 saturated carbocycles. The number of hydrogen-bond donors (Lipinski definition) is 1. The standard InChI is InChI=1S/C22H26N2O4/c1-27-20-10-6-5-9-19(20)23-22(26)17-11-14-24(15-12-17)21(25)13-16-28-18-7-3-2-4-8-18/h2-10,17H,11-16H2,1H3,(H,23,26). The van der Waals surface area contributed by atoms with Gasteiger partial charge in [0.1, 0.15) is 11.5 Å². The van der Waals surface area contributed by atoms with Crippen LogP contribution in [0, 0.1) is 5.92 Å². The number of amides is 2. The van der Waals surface area contributed by atoms with Crippen molar-refractivity contribution in [3.8, 4) is 11.5 Å². The largest absolute Gasteiger partial charge is 0.495 e.